The molecule has 0 aliphatic rings. The van der Waals surface area contributed by atoms with Crippen molar-refractivity contribution in [1.82, 2.24) is 4.90 Å². The van der Waals surface area contributed by atoms with Crippen LogP contribution in [0.5, 0.6) is 0 Å². The molecule has 1 aromatic carbocycles. The third-order valence-electron chi connectivity index (χ3n) is 2.61. The molecular weight excluding hydrogens is 196 g/mol. The second-order valence-electron chi connectivity index (χ2n) is 4.32. The van der Waals surface area contributed by atoms with Crippen molar-refractivity contribution in [2.45, 2.75) is 20.3 Å². The van der Waals surface area contributed by atoms with Gasteiger partial charge in [0.1, 0.15) is 0 Å². The van der Waals surface area contributed by atoms with Crippen LogP contribution < -0.4 is 5.73 Å². The van der Waals surface area contributed by atoms with Crippen LogP contribution in [0, 0.1) is 0 Å². The van der Waals surface area contributed by atoms with Crippen LogP contribution in [0.15, 0.2) is 36.4 Å². The van der Waals surface area contributed by atoms with E-state index in [4.69, 9.17) is 5.73 Å². The van der Waals surface area contributed by atoms with Gasteiger partial charge in [-0.2, -0.15) is 0 Å². The molecule has 0 atom stereocenters. The number of nitrogen functional groups attached to an aromatic ring is 1. The van der Waals surface area contributed by atoms with E-state index in [0.717, 1.165) is 31.7 Å². The maximum Gasteiger partial charge on any atom is 0.0316 e. The van der Waals surface area contributed by atoms with Gasteiger partial charge in [-0.1, -0.05) is 31.2 Å². The van der Waals surface area contributed by atoms with Crippen molar-refractivity contribution in [3.63, 3.8) is 0 Å². The lowest BCUT2D eigenvalue weighted by molar-refractivity contribution is 0.316. The number of anilines is 1. The first-order valence-electron chi connectivity index (χ1n) is 5.83. The SMILES string of the molecule is C=C(C)CN(CC)CCc1cccc(N)c1. The van der Waals surface area contributed by atoms with Crippen molar-refractivity contribution in [3.8, 4) is 0 Å². The highest BCUT2D eigenvalue weighted by molar-refractivity contribution is 5.40. The molecule has 0 amide bonds. The topological polar surface area (TPSA) is 29.3 Å². The summed E-state index contributed by atoms with van der Waals surface area (Å²) < 4.78 is 0. The fraction of sp³-hybridized carbons (Fsp3) is 0.429. The van der Waals surface area contributed by atoms with E-state index in [1.807, 2.05) is 12.1 Å². The standard InChI is InChI=1S/C14H22N2/c1-4-16(11-12(2)3)9-8-13-6-5-7-14(15)10-13/h5-7,10H,2,4,8-9,11,15H2,1,3H3. The zero-order valence-corrected chi connectivity index (χ0v) is 10.4. The van der Waals surface area contributed by atoms with Gasteiger partial charge in [0.15, 0.2) is 0 Å². The van der Waals surface area contributed by atoms with Crippen LogP contribution in [0.1, 0.15) is 19.4 Å². The average molecular weight is 218 g/mol. The summed E-state index contributed by atoms with van der Waals surface area (Å²) in [5.74, 6) is 0. The minimum Gasteiger partial charge on any atom is -0.399 e. The van der Waals surface area contributed by atoms with E-state index in [-0.39, 0.29) is 0 Å². The Balaban J connectivity index is 2.46. The maximum absolute atomic E-state index is 5.75. The van der Waals surface area contributed by atoms with Crippen LogP contribution >= 0.6 is 0 Å². The highest BCUT2D eigenvalue weighted by Gasteiger charge is 2.02. The first kappa shape index (κ1) is 12.8. The van der Waals surface area contributed by atoms with E-state index in [1.165, 1.54) is 11.1 Å². The highest BCUT2D eigenvalue weighted by Crippen LogP contribution is 2.08. The smallest absolute Gasteiger partial charge is 0.0316 e. The van der Waals surface area contributed by atoms with Gasteiger partial charge in [0, 0.05) is 18.8 Å². The number of hydrogen-bond donors (Lipinski definition) is 1. The summed E-state index contributed by atoms with van der Waals surface area (Å²) in [4.78, 5) is 2.39. The van der Waals surface area contributed by atoms with Gasteiger partial charge in [-0.05, 0) is 37.6 Å². The van der Waals surface area contributed by atoms with Crippen molar-refractivity contribution >= 4 is 5.69 Å². The first-order valence-corrected chi connectivity index (χ1v) is 5.83. The lowest BCUT2D eigenvalue weighted by Gasteiger charge is -2.20. The van der Waals surface area contributed by atoms with Crippen LogP contribution in [0.3, 0.4) is 0 Å². The second-order valence-corrected chi connectivity index (χ2v) is 4.32. The van der Waals surface area contributed by atoms with Crippen molar-refractivity contribution in [2.24, 2.45) is 0 Å². The lowest BCUT2D eigenvalue weighted by atomic mass is 10.1. The minimum absolute atomic E-state index is 0.848. The van der Waals surface area contributed by atoms with Crippen LogP contribution in [0.25, 0.3) is 0 Å². The molecule has 0 heterocycles. The molecule has 1 rings (SSSR count). The molecule has 2 heteroatoms. The minimum atomic E-state index is 0.848. The summed E-state index contributed by atoms with van der Waals surface area (Å²) >= 11 is 0. The molecule has 16 heavy (non-hydrogen) atoms. The van der Waals surface area contributed by atoms with Gasteiger partial charge in [0.05, 0.1) is 0 Å². The normalized spacial score (nSPS) is 10.7. The molecule has 0 spiro atoms. The van der Waals surface area contributed by atoms with Gasteiger partial charge in [0.2, 0.25) is 0 Å². The molecule has 2 nitrogen and oxygen atoms in total. The van der Waals surface area contributed by atoms with Gasteiger partial charge >= 0.3 is 0 Å². The van der Waals surface area contributed by atoms with Crippen molar-refractivity contribution in [3.05, 3.63) is 42.0 Å². The Bertz CT molecular complexity index is 344. The van der Waals surface area contributed by atoms with Gasteiger partial charge in [-0.15, -0.1) is 0 Å². The van der Waals surface area contributed by atoms with Crippen molar-refractivity contribution < 1.29 is 0 Å². The van der Waals surface area contributed by atoms with Gasteiger partial charge in [-0.25, -0.2) is 0 Å². The zero-order chi connectivity index (χ0) is 12.0. The summed E-state index contributed by atoms with van der Waals surface area (Å²) in [5.41, 5.74) is 9.12. The Morgan fingerprint density at radius 1 is 1.44 bits per heavy atom. The Hall–Kier alpha value is -1.28. The van der Waals surface area contributed by atoms with Crippen LogP contribution in [0.4, 0.5) is 5.69 Å². The highest BCUT2D eigenvalue weighted by atomic mass is 15.1. The number of nitrogens with two attached hydrogens (primary N) is 1. The fourth-order valence-electron chi connectivity index (χ4n) is 1.77. The van der Waals surface area contributed by atoms with Crippen molar-refractivity contribution in [2.75, 3.05) is 25.4 Å². The van der Waals surface area contributed by atoms with E-state index in [2.05, 4.69) is 37.5 Å². The van der Waals surface area contributed by atoms with Gasteiger partial charge < -0.3 is 5.73 Å². The molecule has 2 N–H and O–H groups in total. The number of benzene rings is 1. The van der Waals surface area contributed by atoms with Crippen LogP contribution in [-0.4, -0.2) is 24.5 Å². The third-order valence-corrected chi connectivity index (χ3v) is 2.61. The van der Waals surface area contributed by atoms with E-state index >= 15 is 0 Å². The summed E-state index contributed by atoms with van der Waals surface area (Å²) in [6, 6.07) is 8.12. The molecule has 0 saturated carbocycles. The number of likely N-dealkylation sites (N-methyl/N-ethyl adjacent to an activating group) is 1. The Morgan fingerprint density at radius 3 is 2.75 bits per heavy atom. The largest absolute Gasteiger partial charge is 0.399 e. The molecule has 0 unspecified atom stereocenters. The molecule has 0 bridgehead atoms. The molecule has 0 fully saturated rings. The fourth-order valence-corrected chi connectivity index (χ4v) is 1.77. The van der Waals surface area contributed by atoms with E-state index in [9.17, 15) is 0 Å². The van der Waals surface area contributed by atoms with E-state index < -0.39 is 0 Å². The van der Waals surface area contributed by atoms with Crippen molar-refractivity contribution in [1.29, 1.82) is 0 Å². The predicted octanol–water partition coefficient (Wildman–Crippen LogP) is 2.71. The summed E-state index contributed by atoms with van der Waals surface area (Å²) in [6.45, 7) is 11.3. The quantitative estimate of drug-likeness (QED) is 0.587. The summed E-state index contributed by atoms with van der Waals surface area (Å²) in [7, 11) is 0. The first-order chi connectivity index (χ1) is 7.61. The van der Waals surface area contributed by atoms with Crippen LogP contribution in [-0.2, 0) is 6.42 Å². The zero-order valence-electron chi connectivity index (χ0n) is 10.4. The maximum atomic E-state index is 5.75. The average Bonchev–Trinajstić information content (AvgIpc) is 2.24. The molecule has 0 radical (unpaired) electrons. The lowest BCUT2D eigenvalue weighted by Crippen LogP contribution is -2.27. The summed E-state index contributed by atoms with van der Waals surface area (Å²) in [5, 5.41) is 0. The second kappa shape index (κ2) is 6.33. The Morgan fingerprint density at radius 2 is 2.19 bits per heavy atom. The third kappa shape index (κ3) is 4.49. The van der Waals surface area contributed by atoms with E-state index in [1.54, 1.807) is 0 Å². The monoisotopic (exact) mass is 218 g/mol. The van der Waals surface area contributed by atoms with E-state index in [0.29, 0.717) is 0 Å². The predicted molar refractivity (Wildman–Crippen MR) is 71.5 cm³/mol. The molecule has 1 aromatic rings. The number of nitrogens with zero attached hydrogens (tertiary/aromatic N) is 1. The molecular formula is C14H22N2. The number of rotatable bonds is 6. The molecule has 88 valence electrons. The van der Waals surface area contributed by atoms with Crippen LogP contribution in [0.2, 0.25) is 0 Å². The number of hydrogen-bond acceptors (Lipinski definition) is 2. The molecule has 0 aliphatic heterocycles. The van der Waals surface area contributed by atoms with Gasteiger partial charge in [0.25, 0.3) is 0 Å². The molecule has 0 aromatic heterocycles. The Kier molecular flexibility index (Phi) is 5.06. The summed E-state index contributed by atoms with van der Waals surface area (Å²) in [6.07, 6.45) is 1.05. The Labute approximate surface area is 98.8 Å². The molecule has 0 aliphatic carbocycles. The van der Waals surface area contributed by atoms with Gasteiger partial charge in [-0.3, -0.25) is 4.90 Å². The molecule has 0 saturated heterocycles.